The van der Waals surface area contributed by atoms with Crippen LogP contribution in [0.5, 0.6) is 0 Å². The van der Waals surface area contributed by atoms with Crippen LogP contribution in [0.4, 0.5) is 0 Å². The molecule has 3 fully saturated rings. The molecule has 1 heterocycles. The molecule has 5 rings (SSSR count). The second-order valence-electron chi connectivity index (χ2n) is 13.8. The van der Waals surface area contributed by atoms with Crippen molar-refractivity contribution in [3.63, 3.8) is 0 Å². The second-order valence-corrected chi connectivity index (χ2v) is 13.8. The van der Waals surface area contributed by atoms with E-state index in [2.05, 4.69) is 61.5 Å². The van der Waals surface area contributed by atoms with Gasteiger partial charge >= 0.3 is 0 Å². The molecule has 0 aromatic carbocycles. The summed E-state index contributed by atoms with van der Waals surface area (Å²) >= 11 is 0. The molecule has 2 nitrogen and oxygen atoms in total. The molecule has 8 atom stereocenters. The zero-order valence-electron chi connectivity index (χ0n) is 21.9. The van der Waals surface area contributed by atoms with Crippen molar-refractivity contribution < 1.29 is 9.53 Å². The third-order valence-corrected chi connectivity index (χ3v) is 11.6. The Morgan fingerprint density at radius 3 is 2.41 bits per heavy atom. The van der Waals surface area contributed by atoms with Gasteiger partial charge in [-0.2, -0.15) is 0 Å². The van der Waals surface area contributed by atoms with Crippen molar-refractivity contribution >= 4 is 5.78 Å². The van der Waals surface area contributed by atoms with Crippen molar-refractivity contribution in [1.29, 1.82) is 0 Å². The van der Waals surface area contributed by atoms with Gasteiger partial charge in [-0.05, 0) is 92.8 Å². The molecular formula is C30H46O2. The number of ketones is 1. The molecule has 5 aliphatic rings. The van der Waals surface area contributed by atoms with E-state index in [-0.39, 0.29) is 22.3 Å². The van der Waals surface area contributed by atoms with Crippen molar-refractivity contribution in [3.8, 4) is 0 Å². The maximum Gasteiger partial charge on any atom is 0.138 e. The molecule has 0 amide bonds. The van der Waals surface area contributed by atoms with Gasteiger partial charge in [0.2, 0.25) is 0 Å². The van der Waals surface area contributed by atoms with Crippen LogP contribution in [0.15, 0.2) is 22.8 Å². The van der Waals surface area contributed by atoms with Gasteiger partial charge in [-0.25, -0.2) is 0 Å². The molecule has 0 spiro atoms. The fourth-order valence-electron chi connectivity index (χ4n) is 9.97. The molecule has 2 saturated carbocycles. The first kappa shape index (κ1) is 22.9. The van der Waals surface area contributed by atoms with Crippen molar-refractivity contribution in [2.75, 3.05) is 0 Å². The van der Waals surface area contributed by atoms with E-state index >= 15 is 0 Å². The fourth-order valence-corrected chi connectivity index (χ4v) is 9.97. The molecule has 2 heteroatoms. The van der Waals surface area contributed by atoms with Crippen LogP contribution < -0.4 is 0 Å². The molecule has 0 bridgehead atoms. The Balaban J connectivity index is 1.55. The normalized spacial score (nSPS) is 49.6. The molecular weight excluding hydrogens is 392 g/mol. The van der Waals surface area contributed by atoms with Gasteiger partial charge in [-0.15, -0.1) is 0 Å². The molecule has 0 N–H and O–H groups in total. The smallest absolute Gasteiger partial charge is 0.138 e. The summed E-state index contributed by atoms with van der Waals surface area (Å²) in [5.41, 5.74) is 5.53. The number of carbonyl (C=O) groups excluding carboxylic acids is 1. The predicted molar refractivity (Wildman–Crippen MR) is 131 cm³/mol. The number of carbonyl (C=O) groups is 1. The van der Waals surface area contributed by atoms with Crippen LogP contribution in [-0.4, -0.2) is 18.0 Å². The first-order chi connectivity index (χ1) is 14.8. The van der Waals surface area contributed by atoms with Crippen molar-refractivity contribution in [1.82, 2.24) is 0 Å². The van der Waals surface area contributed by atoms with Gasteiger partial charge in [0.25, 0.3) is 0 Å². The number of hydrogen-bond donors (Lipinski definition) is 0. The highest BCUT2D eigenvalue weighted by atomic mass is 16.5. The van der Waals surface area contributed by atoms with E-state index in [0.29, 0.717) is 35.1 Å². The van der Waals surface area contributed by atoms with Crippen LogP contribution in [0.2, 0.25) is 0 Å². The van der Waals surface area contributed by atoms with E-state index in [1.807, 2.05) is 0 Å². The van der Waals surface area contributed by atoms with Crippen LogP contribution in [0.25, 0.3) is 0 Å². The summed E-state index contributed by atoms with van der Waals surface area (Å²) in [4.78, 5) is 12.8. The van der Waals surface area contributed by atoms with Crippen LogP contribution in [0, 0.1) is 39.4 Å². The molecule has 0 aromatic rings. The largest absolute Gasteiger partial charge is 0.371 e. The molecule has 32 heavy (non-hydrogen) atoms. The SMILES string of the molecule is CC(C)=C[C@H]1C[C@@H](C)[C@H]2[C@@H](C[C@@]3(C)C4=C(CC[C@]23C)[C@@]2(C)CCC(=O)C(C)(C)[C@@H]2CC4)O1. The van der Waals surface area contributed by atoms with Crippen LogP contribution in [-0.2, 0) is 9.53 Å². The molecule has 1 saturated heterocycles. The Bertz CT molecular complexity index is 889. The number of ether oxygens (including phenoxy) is 1. The standard InChI is InChI=1S/C30H46O2/c1-18(2)15-20-16-19(3)26-23(32-20)17-30(8)22-9-10-24-27(4,5)25(31)12-13-28(24,6)21(22)11-14-29(26,30)7/h15,19-20,23-24,26H,9-14,16-17H2,1-8H3/t19-,20+,23-,24+,26+,28-,29-,30+/m1/s1. The number of rotatable bonds is 1. The van der Waals surface area contributed by atoms with Gasteiger partial charge < -0.3 is 4.74 Å². The lowest BCUT2D eigenvalue weighted by atomic mass is 9.43. The average molecular weight is 439 g/mol. The lowest BCUT2D eigenvalue weighted by Crippen LogP contribution is -2.54. The summed E-state index contributed by atoms with van der Waals surface area (Å²) in [7, 11) is 0. The Labute approximate surface area is 196 Å². The topological polar surface area (TPSA) is 26.3 Å². The van der Waals surface area contributed by atoms with E-state index in [9.17, 15) is 4.79 Å². The van der Waals surface area contributed by atoms with Gasteiger partial charge in [0.05, 0.1) is 12.2 Å². The highest BCUT2D eigenvalue weighted by molar-refractivity contribution is 5.85. The highest BCUT2D eigenvalue weighted by Crippen LogP contribution is 2.73. The zero-order chi connectivity index (χ0) is 23.3. The summed E-state index contributed by atoms with van der Waals surface area (Å²) in [6.45, 7) is 19.1. The minimum Gasteiger partial charge on any atom is -0.371 e. The Kier molecular flexibility index (Phi) is 5.05. The molecule has 178 valence electrons. The van der Waals surface area contributed by atoms with Gasteiger partial charge in [-0.3, -0.25) is 4.79 Å². The summed E-state index contributed by atoms with van der Waals surface area (Å²) in [5.74, 6) is 2.37. The quantitative estimate of drug-likeness (QED) is 0.392. The minimum absolute atomic E-state index is 0.175. The lowest BCUT2D eigenvalue weighted by molar-refractivity contribution is -0.139. The van der Waals surface area contributed by atoms with E-state index < -0.39 is 0 Å². The van der Waals surface area contributed by atoms with Gasteiger partial charge in [0.1, 0.15) is 5.78 Å². The molecule has 1 aliphatic heterocycles. The van der Waals surface area contributed by atoms with Crippen LogP contribution in [0.1, 0.15) is 107 Å². The maximum absolute atomic E-state index is 12.8. The van der Waals surface area contributed by atoms with Gasteiger partial charge in [0.15, 0.2) is 0 Å². The average Bonchev–Trinajstić information content (AvgIpc) is 2.92. The van der Waals surface area contributed by atoms with Crippen LogP contribution in [0.3, 0.4) is 0 Å². The van der Waals surface area contributed by atoms with E-state index in [1.165, 1.54) is 44.1 Å². The van der Waals surface area contributed by atoms with Crippen LogP contribution >= 0.6 is 0 Å². The number of allylic oxidation sites excluding steroid dienone is 3. The number of Topliss-reactive ketones (excluding diaryl/α,β-unsaturated/α-hetero) is 1. The Hall–Kier alpha value is -0.890. The molecule has 0 aromatic heterocycles. The van der Waals surface area contributed by atoms with E-state index in [4.69, 9.17) is 4.74 Å². The maximum atomic E-state index is 12.8. The van der Waals surface area contributed by atoms with E-state index in [1.54, 1.807) is 11.1 Å². The summed E-state index contributed by atoms with van der Waals surface area (Å²) in [6, 6.07) is 0. The molecule has 4 aliphatic carbocycles. The van der Waals surface area contributed by atoms with Gasteiger partial charge in [0, 0.05) is 11.8 Å². The third kappa shape index (κ3) is 2.83. The summed E-state index contributed by atoms with van der Waals surface area (Å²) in [5, 5.41) is 0. The summed E-state index contributed by atoms with van der Waals surface area (Å²) < 4.78 is 6.83. The third-order valence-electron chi connectivity index (χ3n) is 11.6. The van der Waals surface area contributed by atoms with Gasteiger partial charge in [-0.1, -0.05) is 64.3 Å². The first-order valence-electron chi connectivity index (χ1n) is 13.4. The van der Waals surface area contributed by atoms with Crippen molar-refractivity contribution in [2.45, 2.75) is 119 Å². The second kappa shape index (κ2) is 7.06. The minimum atomic E-state index is -0.175. The van der Waals surface area contributed by atoms with Crippen molar-refractivity contribution in [3.05, 3.63) is 22.8 Å². The zero-order valence-corrected chi connectivity index (χ0v) is 21.9. The fraction of sp³-hybridized carbons (Fsp3) is 0.833. The summed E-state index contributed by atoms with van der Waals surface area (Å²) in [6.07, 6.45) is 12.1. The van der Waals surface area contributed by atoms with Crippen molar-refractivity contribution in [2.24, 2.45) is 39.4 Å². The molecule has 0 radical (unpaired) electrons. The lowest BCUT2D eigenvalue weighted by Gasteiger charge is -2.60. The molecule has 0 unspecified atom stereocenters. The van der Waals surface area contributed by atoms with E-state index in [0.717, 1.165) is 12.8 Å². The Morgan fingerprint density at radius 1 is 1.00 bits per heavy atom. The predicted octanol–water partition coefficient (Wildman–Crippen LogP) is 7.67. The number of hydrogen-bond acceptors (Lipinski definition) is 2. The Morgan fingerprint density at radius 2 is 1.72 bits per heavy atom. The first-order valence-corrected chi connectivity index (χ1v) is 13.4. The number of fused-ring (bicyclic) bond motifs is 6. The highest BCUT2D eigenvalue weighted by Gasteiger charge is 2.67. The monoisotopic (exact) mass is 438 g/mol.